The number of Topliss-reactive ketones (excluding diaryl/α,β-unsaturated/α-hetero) is 1. The molecule has 110 valence electrons. The fourth-order valence-electron chi connectivity index (χ4n) is 3.58. The largest absolute Gasteiger partial charge is 0.339 e. The van der Waals surface area contributed by atoms with Crippen molar-refractivity contribution >= 4 is 5.78 Å². The Morgan fingerprint density at radius 1 is 1.00 bits per heavy atom. The van der Waals surface area contributed by atoms with Crippen molar-refractivity contribution < 1.29 is 9.32 Å². The van der Waals surface area contributed by atoms with E-state index in [9.17, 15) is 4.79 Å². The number of ketones is 1. The molecule has 3 rings (SSSR count). The van der Waals surface area contributed by atoms with Gasteiger partial charge in [0.05, 0.1) is 6.42 Å². The molecular formula is C16H24N2O2. The quantitative estimate of drug-likeness (QED) is 0.785. The van der Waals surface area contributed by atoms with Crippen LogP contribution in [0, 0.1) is 5.92 Å². The molecule has 1 heterocycles. The molecule has 0 aliphatic heterocycles. The van der Waals surface area contributed by atoms with Crippen LogP contribution in [0.1, 0.15) is 81.8 Å². The maximum atomic E-state index is 12.1. The second kappa shape index (κ2) is 6.51. The van der Waals surface area contributed by atoms with Gasteiger partial charge >= 0.3 is 0 Å². The topological polar surface area (TPSA) is 56.0 Å². The number of carbonyl (C=O) groups excluding carboxylic acids is 1. The Hall–Kier alpha value is -1.19. The minimum atomic E-state index is 0.239. The normalized spacial score (nSPS) is 22.0. The van der Waals surface area contributed by atoms with Crippen LogP contribution in [0.4, 0.5) is 0 Å². The molecule has 0 atom stereocenters. The molecule has 0 spiro atoms. The molecular weight excluding hydrogens is 252 g/mol. The van der Waals surface area contributed by atoms with Gasteiger partial charge in [0.15, 0.2) is 5.82 Å². The van der Waals surface area contributed by atoms with Gasteiger partial charge in [-0.2, -0.15) is 4.98 Å². The number of nitrogens with zero attached hydrogens (tertiary/aromatic N) is 2. The number of hydrogen-bond donors (Lipinski definition) is 0. The third-order valence-corrected chi connectivity index (χ3v) is 4.84. The Kier molecular flexibility index (Phi) is 4.48. The molecule has 0 radical (unpaired) electrons. The van der Waals surface area contributed by atoms with E-state index in [1.807, 2.05) is 0 Å². The maximum Gasteiger partial charge on any atom is 0.234 e. The monoisotopic (exact) mass is 276 g/mol. The average molecular weight is 276 g/mol. The molecule has 1 aromatic rings. The SMILES string of the molecule is O=C(Cc1nc(C2CCCCCC2)no1)C1CCCC1. The van der Waals surface area contributed by atoms with E-state index in [0.29, 0.717) is 24.0 Å². The van der Waals surface area contributed by atoms with E-state index < -0.39 is 0 Å². The summed E-state index contributed by atoms with van der Waals surface area (Å²) in [7, 11) is 0. The van der Waals surface area contributed by atoms with Gasteiger partial charge in [0.1, 0.15) is 5.78 Å². The molecule has 0 N–H and O–H groups in total. The third kappa shape index (κ3) is 3.28. The van der Waals surface area contributed by atoms with Crippen molar-refractivity contribution in [3.63, 3.8) is 0 Å². The zero-order valence-electron chi connectivity index (χ0n) is 12.1. The van der Waals surface area contributed by atoms with Gasteiger partial charge in [-0.15, -0.1) is 0 Å². The third-order valence-electron chi connectivity index (χ3n) is 4.84. The standard InChI is InChI=1S/C16H24N2O2/c19-14(12-7-5-6-8-12)11-15-17-16(18-20-15)13-9-3-1-2-4-10-13/h12-13H,1-11H2. The maximum absolute atomic E-state index is 12.1. The highest BCUT2D eigenvalue weighted by molar-refractivity contribution is 5.82. The summed E-state index contributed by atoms with van der Waals surface area (Å²) in [6.45, 7) is 0. The van der Waals surface area contributed by atoms with Crippen molar-refractivity contribution in [1.82, 2.24) is 10.1 Å². The molecule has 4 heteroatoms. The highest BCUT2D eigenvalue weighted by Gasteiger charge is 2.25. The van der Waals surface area contributed by atoms with Crippen molar-refractivity contribution in [3.8, 4) is 0 Å². The second-order valence-electron chi connectivity index (χ2n) is 6.36. The first-order valence-electron chi connectivity index (χ1n) is 8.18. The van der Waals surface area contributed by atoms with Gasteiger partial charge in [0.2, 0.25) is 5.89 Å². The summed E-state index contributed by atoms with van der Waals surface area (Å²) in [5.41, 5.74) is 0. The van der Waals surface area contributed by atoms with Crippen molar-refractivity contribution in [2.45, 2.75) is 76.5 Å². The molecule has 0 amide bonds. The van der Waals surface area contributed by atoms with Crippen LogP contribution in [0.25, 0.3) is 0 Å². The number of hydrogen-bond acceptors (Lipinski definition) is 4. The lowest BCUT2D eigenvalue weighted by Crippen LogP contribution is -2.13. The second-order valence-corrected chi connectivity index (χ2v) is 6.36. The molecule has 2 aliphatic carbocycles. The van der Waals surface area contributed by atoms with Crippen LogP contribution >= 0.6 is 0 Å². The van der Waals surface area contributed by atoms with Gasteiger partial charge in [-0.25, -0.2) is 0 Å². The number of aromatic nitrogens is 2. The molecule has 0 bridgehead atoms. The van der Waals surface area contributed by atoms with E-state index >= 15 is 0 Å². The van der Waals surface area contributed by atoms with Crippen molar-refractivity contribution in [2.75, 3.05) is 0 Å². The van der Waals surface area contributed by atoms with E-state index in [1.54, 1.807) is 0 Å². The summed E-state index contributed by atoms with van der Waals surface area (Å²) in [6.07, 6.45) is 12.3. The first-order chi connectivity index (χ1) is 9.83. The fourth-order valence-corrected chi connectivity index (χ4v) is 3.58. The number of carbonyl (C=O) groups is 1. The van der Waals surface area contributed by atoms with Crippen LogP contribution in [-0.2, 0) is 11.2 Å². The molecule has 2 aliphatic rings. The minimum absolute atomic E-state index is 0.239. The van der Waals surface area contributed by atoms with Gasteiger partial charge in [0.25, 0.3) is 0 Å². The molecule has 20 heavy (non-hydrogen) atoms. The molecule has 1 aromatic heterocycles. The lowest BCUT2D eigenvalue weighted by atomic mass is 9.99. The fraction of sp³-hybridized carbons (Fsp3) is 0.812. The summed E-state index contributed by atoms with van der Waals surface area (Å²) < 4.78 is 5.31. The Morgan fingerprint density at radius 2 is 1.65 bits per heavy atom. The first kappa shape index (κ1) is 13.8. The first-order valence-corrected chi connectivity index (χ1v) is 8.18. The smallest absolute Gasteiger partial charge is 0.234 e. The van der Waals surface area contributed by atoms with Crippen molar-refractivity contribution in [2.24, 2.45) is 5.92 Å². The van der Waals surface area contributed by atoms with Crippen LogP contribution in [0.2, 0.25) is 0 Å². The van der Waals surface area contributed by atoms with Gasteiger partial charge in [-0.05, 0) is 25.7 Å². The average Bonchev–Trinajstić information content (AvgIpc) is 3.06. The predicted molar refractivity (Wildman–Crippen MR) is 75.4 cm³/mol. The zero-order valence-corrected chi connectivity index (χ0v) is 12.1. The van der Waals surface area contributed by atoms with Gasteiger partial charge in [0, 0.05) is 11.8 Å². The lowest BCUT2D eigenvalue weighted by molar-refractivity contribution is -0.122. The molecule has 0 unspecified atom stereocenters. The summed E-state index contributed by atoms with van der Waals surface area (Å²) in [4.78, 5) is 16.6. The minimum Gasteiger partial charge on any atom is -0.339 e. The Morgan fingerprint density at radius 3 is 2.35 bits per heavy atom. The van der Waals surface area contributed by atoms with Gasteiger partial charge < -0.3 is 4.52 Å². The van der Waals surface area contributed by atoms with Crippen LogP contribution in [-0.4, -0.2) is 15.9 Å². The Balaban J connectivity index is 1.59. The lowest BCUT2D eigenvalue weighted by Gasteiger charge is -2.07. The van der Waals surface area contributed by atoms with Crippen LogP contribution in [0.15, 0.2) is 4.52 Å². The van der Waals surface area contributed by atoms with E-state index in [1.165, 1.54) is 38.5 Å². The van der Waals surface area contributed by atoms with Crippen LogP contribution in [0.3, 0.4) is 0 Å². The van der Waals surface area contributed by atoms with E-state index in [-0.39, 0.29) is 5.92 Å². The predicted octanol–water partition coefficient (Wildman–Crippen LogP) is 3.81. The van der Waals surface area contributed by atoms with Crippen LogP contribution in [0.5, 0.6) is 0 Å². The summed E-state index contributed by atoms with van der Waals surface area (Å²) in [5, 5.41) is 4.12. The van der Waals surface area contributed by atoms with Gasteiger partial charge in [-0.1, -0.05) is 43.7 Å². The number of rotatable bonds is 4. The highest BCUT2D eigenvalue weighted by Crippen LogP contribution is 2.30. The summed E-state index contributed by atoms with van der Waals surface area (Å²) in [5.74, 6) is 2.33. The van der Waals surface area contributed by atoms with Crippen LogP contribution < -0.4 is 0 Å². The zero-order chi connectivity index (χ0) is 13.8. The van der Waals surface area contributed by atoms with Crippen molar-refractivity contribution in [1.29, 1.82) is 0 Å². The molecule has 2 saturated carbocycles. The van der Waals surface area contributed by atoms with Gasteiger partial charge in [-0.3, -0.25) is 4.79 Å². The molecule has 0 aromatic carbocycles. The molecule has 4 nitrogen and oxygen atoms in total. The van der Waals surface area contributed by atoms with Crippen molar-refractivity contribution in [3.05, 3.63) is 11.7 Å². The van der Waals surface area contributed by atoms with E-state index in [0.717, 1.165) is 31.5 Å². The Bertz CT molecular complexity index is 441. The molecule has 2 fully saturated rings. The summed E-state index contributed by atoms with van der Waals surface area (Å²) >= 11 is 0. The van der Waals surface area contributed by atoms with E-state index in [2.05, 4.69) is 10.1 Å². The Labute approximate surface area is 120 Å². The van der Waals surface area contributed by atoms with E-state index in [4.69, 9.17) is 4.52 Å². The summed E-state index contributed by atoms with van der Waals surface area (Å²) in [6, 6.07) is 0. The molecule has 0 saturated heterocycles. The highest BCUT2D eigenvalue weighted by atomic mass is 16.5.